The van der Waals surface area contributed by atoms with Gasteiger partial charge in [0.15, 0.2) is 0 Å². The molecule has 388 valence electrons. The van der Waals surface area contributed by atoms with Gasteiger partial charge in [-0.2, -0.15) is 0 Å². The monoisotopic (exact) mass is 1070 g/mol. The molecule has 2 nitrogen and oxygen atoms in total. The number of allylic oxidation sites excluding steroid dienone is 5. The van der Waals surface area contributed by atoms with Gasteiger partial charge in [-0.1, -0.05) is 208 Å². The first kappa shape index (κ1) is 52.2. The lowest BCUT2D eigenvalue weighted by Crippen LogP contribution is -2.48. The van der Waals surface area contributed by atoms with Crippen molar-refractivity contribution in [1.29, 1.82) is 0 Å². The maximum absolute atomic E-state index is 3.56. The quantitative estimate of drug-likeness (QED) is 0.102. The molecule has 0 N–H and O–H groups in total. The molecule has 10 heteroatoms. The standard InChI is InChI=1S/C73H59B7N2S/c74-64-61(65(75)69(79)72-62(64)63-66(76)67(77)68(78)70(80)73(63)82(72)58-38-22-20-36-53(58)45-24-10-3-11-25-45)48-40-41-60-57(42-48)54-37-21-23-39-59(54)81(60)71-55(46-26-8-1-2-9-27-46)43-52(44-56(71)47-28-12-4-13-29-47)83(49-30-14-5-15-31-49,50-32-16-6-17-33-50)51-34-18-7-19-35-51/h1,3-8,10-22,24-26,28-38,40-44H,23,27,39,74-80H2. The topological polar surface area (TPSA) is 9.86 Å². The first-order chi connectivity index (χ1) is 40.7. The van der Waals surface area contributed by atoms with Gasteiger partial charge >= 0.3 is 0 Å². The van der Waals surface area contributed by atoms with Gasteiger partial charge in [-0.05, 0) is 119 Å². The van der Waals surface area contributed by atoms with Gasteiger partial charge in [-0.15, -0.1) is 15.5 Å². The third-order valence-electron chi connectivity index (χ3n) is 18.3. The fraction of sp³-hybridized carbons (Fsp3) is 0.0411. The Morgan fingerprint density at radius 2 is 0.988 bits per heavy atom. The fourth-order valence-electron chi connectivity index (χ4n) is 14.0. The van der Waals surface area contributed by atoms with Crippen molar-refractivity contribution in [1.82, 2.24) is 9.13 Å². The first-order valence-electron chi connectivity index (χ1n) is 29.3. The summed E-state index contributed by atoms with van der Waals surface area (Å²) in [5, 5.41) is 3.96. The van der Waals surface area contributed by atoms with Crippen LogP contribution in [-0.4, -0.2) is 64.1 Å². The average molecular weight is 1070 g/mol. The van der Waals surface area contributed by atoms with Gasteiger partial charge in [0.05, 0.1) is 16.9 Å². The number of aromatic nitrogens is 2. The van der Waals surface area contributed by atoms with E-state index < -0.39 is 10.0 Å². The van der Waals surface area contributed by atoms with Gasteiger partial charge in [-0.3, -0.25) is 0 Å². The summed E-state index contributed by atoms with van der Waals surface area (Å²) in [5.41, 5.74) is 28.0. The molecule has 0 amide bonds. The number of nitrogens with zero attached hydrogens (tertiary/aromatic N) is 2. The molecular formula is C73H59B7N2S. The number of fused-ring (bicyclic) bond motifs is 6. The molecule has 2 aromatic heterocycles. The van der Waals surface area contributed by atoms with Crippen LogP contribution in [0.15, 0.2) is 250 Å². The van der Waals surface area contributed by atoms with E-state index in [1.54, 1.807) is 0 Å². The highest BCUT2D eigenvalue weighted by atomic mass is 32.3. The molecule has 2 aliphatic carbocycles. The molecule has 0 atom stereocenters. The lowest BCUT2D eigenvalue weighted by Gasteiger charge is -2.43. The minimum absolute atomic E-state index is 0.625. The van der Waals surface area contributed by atoms with Crippen molar-refractivity contribution in [3.63, 3.8) is 0 Å². The van der Waals surface area contributed by atoms with E-state index in [-0.39, 0.29) is 0 Å². The van der Waals surface area contributed by atoms with Crippen LogP contribution in [-0.2, 0) is 6.42 Å². The summed E-state index contributed by atoms with van der Waals surface area (Å²) < 4.78 is 5.28. The molecular weight excluding hydrogens is 1010 g/mol. The molecule has 0 saturated heterocycles. The summed E-state index contributed by atoms with van der Waals surface area (Å²) in [7, 11) is 14.4. The van der Waals surface area contributed by atoms with E-state index in [0.717, 1.165) is 12.8 Å². The molecule has 10 aromatic carbocycles. The molecule has 0 aliphatic heterocycles. The Labute approximate surface area is 496 Å². The van der Waals surface area contributed by atoms with Crippen LogP contribution in [0, 0.1) is 11.8 Å². The molecule has 14 rings (SSSR count). The van der Waals surface area contributed by atoms with Crippen molar-refractivity contribution in [3.8, 4) is 56.6 Å². The van der Waals surface area contributed by atoms with Crippen LogP contribution in [0.3, 0.4) is 0 Å². The van der Waals surface area contributed by atoms with Crippen LogP contribution < -0.4 is 38.2 Å². The zero-order valence-corrected chi connectivity index (χ0v) is 49.3. The summed E-state index contributed by atoms with van der Waals surface area (Å²) in [6.45, 7) is 0. The molecule has 0 bridgehead atoms. The predicted molar refractivity (Wildman–Crippen MR) is 378 cm³/mol. The van der Waals surface area contributed by atoms with Crippen LogP contribution in [0.25, 0.3) is 89.1 Å². The van der Waals surface area contributed by atoms with Gasteiger partial charge in [0.1, 0.15) is 54.9 Å². The summed E-state index contributed by atoms with van der Waals surface area (Å²) >= 11 is 0. The van der Waals surface area contributed by atoms with E-state index in [1.807, 2.05) is 6.08 Å². The second-order valence-electron chi connectivity index (χ2n) is 22.6. The fourth-order valence-corrected chi connectivity index (χ4v) is 17.9. The highest BCUT2D eigenvalue weighted by Crippen LogP contribution is 2.74. The summed E-state index contributed by atoms with van der Waals surface area (Å²) in [5.74, 6) is 6.90. The molecule has 12 aromatic rings. The normalized spacial score (nSPS) is 13.2. The second kappa shape index (κ2) is 21.1. The number of rotatable bonds is 10. The van der Waals surface area contributed by atoms with Crippen LogP contribution >= 0.6 is 10.0 Å². The highest BCUT2D eigenvalue weighted by molar-refractivity contribution is 8.34. The first-order valence-corrected chi connectivity index (χ1v) is 30.9. The van der Waals surface area contributed by atoms with Crippen LogP contribution in [0.1, 0.15) is 29.7 Å². The van der Waals surface area contributed by atoms with E-state index in [2.05, 4.69) is 306 Å². The van der Waals surface area contributed by atoms with Crippen molar-refractivity contribution in [2.75, 3.05) is 0 Å². The van der Waals surface area contributed by atoms with E-state index in [4.69, 9.17) is 0 Å². The number of hydrogen-bond donors (Lipinski definition) is 0. The van der Waals surface area contributed by atoms with Crippen molar-refractivity contribution < 1.29 is 0 Å². The van der Waals surface area contributed by atoms with E-state index in [0.29, 0.717) is 6.42 Å². The van der Waals surface area contributed by atoms with Crippen molar-refractivity contribution in [2.45, 2.75) is 38.8 Å². The summed E-state index contributed by atoms with van der Waals surface area (Å²) in [6, 6.07) is 77.4. The third-order valence-corrected chi connectivity index (χ3v) is 22.2. The smallest absolute Gasteiger partial charge is 0.141 e. The van der Waals surface area contributed by atoms with E-state index in [9.17, 15) is 0 Å². The Bertz CT molecular complexity index is 4670. The Morgan fingerprint density at radius 1 is 0.446 bits per heavy atom. The van der Waals surface area contributed by atoms with Gasteiger partial charge in [0.2, 0.25) is 0 Å². The van der Waals surface area contributed by atoms with Crippen molar-refractivity contribution in [2.24, 2.45) is 0 Å². The maximum Gasteiger partial charge on any atom is 0.141 e. The SMILES string of the molecule is Bc1c(B)c(B)c2c(c1B)c1c(B)c(-c3ccc4c(c3)c3c(n4-c4c(C5=CC=CC#CC5)cc(S(c5ccccc5)(c5ccccc5)c5ccccc5)cc4-c4ccccc4)CCC=C3)c(B)c(B)c1n2-c1ccccc1-c1ccccc1. The average Bonchev–Trinajstić information content (AvgIpc) is 2.22. The van der Waals surface area contributed by atoms with Gasteiger partial charge < -0.3 is 9.13 Å². The minimum Gasteiger partial charge on any atom is -0.312 e. The largest absolute Gasteiger partial charge is 0.312 e. The van der Waals surface area contributed by atoms with Gasteiger partial charge in [0.25, 0.3) is 0 Å². The molecule has 0 radical (unpaired) electrons. The molecule has 2 heterocycles. The van der Waals surface area contributed by atoms with Crippen molar-refractivity contribution >= 4 is 148 Å². The summed E-state index contributed by atoms with van der Waals surface area (Å²) in [6.07, 6.45) is 13.8. The van der Waals surface area contributed by atoms with Crippen LogP contribution in [0.2, 0.25) is 0 Å². The number of hydrogen-bond acceptors (Lipinski definition) is 0. The van der Waals surface area contributed by atoms with Crippen LogP contribution in [0.5, 0.6) is 0 Å². The molecule has 0 saturated carbocycles. The zero-order valence-electron chi connectivity index (χ0n) is 48.4. The maximum atomic E-state index is 3.56. The minimum atomic E-state index is -2.08. The molecule has 0 unspecified atom stereocenters. The zero-order chi connectivity index (χ0) is 56.5. The molecule has 83 heavy (non-hydrogen) atoms. The number of para-hydroxylation sites is 1. The Kier molecular flexibility index (Phi) is 13.3. The summed E-state index contributed by atoms with van der Waals surface area (Å²) in [4.78, 5) is 5.16. The van der Waals surface area contributed by atoms with Gasteiger partial charge in [0, 0.05) is 75.8 Å². The third kappa shape index (κ3) is 8.30. The van der Waals surface area contributed by atoms with E-state index >= 15 is 0 Å². The van der Waals surface area contributed by atoms with Crippen molar-refractivity contribution in [3.05, 3.63) is 247 Å². The molecule has 0 fully saturated rings. The number of benzene rings is 10. The Morgan fingerprint density at radius 3 is 1.63 bits per heavy atom. The lowest BCUT2D eigenvalue weighted by atomic mass is 9.64. The van der Waals surface area contributed by atoms with Gasteiger partial charge in [-0.25, -0.2) is 0 Å². The Balaban J connectivity index is 1.06. The molecule has 0 spiro atoms. The molecule has 2 aliphatic rings. The lowest BCUT2D eigenvalue weighted by molar-refractivity contribution is 0.887. The highest BCUT2D eigenvalue weighted by Gasteiger charge is 2.36. The predicted octanol–water partition coefficient (Wildman–Crippen LogP) is 7.18. The van der Waals surface area contributed by atoms with E-state index in [1.165, 1.54) is 158 Å². The van der Waals surface area contributed by atoms with Crippen LogP contribution in [0.4, 0.5) is 0 Å². The second-order valence-corrected chi connectivity index (χ2v) is 25.7. The Hall–Kier alpha value is -8.88.